The third-order valence-electron chi connectivity index (χ3n) is 5.27. The van der Waals surface area contributed by atoms with Crippen LogP contribution in [0.3, 0.4) is 0 Å². The van der Waals surface area contributed by atoms with Gasteiger partial charge in [0.1, 0.15) is 11.9 Å². The number of rotatable bonds is 6. The van der Waals surface area contributed by atoms with Gasteiger partial charge in [-0.25, -0.2) is 14.3 Å². The number of nitrogens with two attached hydrogens (primary N) is 1. The van der Waals surface area contributed by atoms with E-state index in [2.05, 4.69) is 26.1 Å². The fourth-order valence-electron chi connectivity index (χ4n) is 3.71. The maximum Gasteiger partial charge on any atom is 0.414 e. The van der Waals surface area contributed by atoms with Gasteiger partial charge in [0, 0.05) is 32.6 Å². The SMILES string of the molecule is CC(C)(C)CC(=S)NC[C@H]1CN(c2ccc(N3CCN(S(N)(=O)=O)CC3)c(F)c2)C(=O)O1. The molecule has 0 spiro atoms. The highest BCUT2D eigenvalue weighted by Crippen LogP contribution is 2.28. The maximum atomic E-state index is 14.8. The van der Waals surface area contributed by atoms with Crippen LogP contribution in [0.4, 0.5) is 20.6 Å². The summed E-state index contributed by atoms with van der Waals surface area (Å²) in [5.74, 6) is -0.493. The number of amides is 1. The molecule has 178 valence electrons. The number of thiocarbonyl (C=S) groups is 1. The number of carbonyl (C=O) groups is 1. The van der Waals surface area contributed by atoms with E-state index in [1.54, 1.807) is 17.0 Å². The van der Waals surface area contributed by atoms with Gasteiger partial charge in [0.15, 0.2) is 0 Å². The average molecular weight is 488 g/mol. The monoisotopic (exact) mass is 487 g/mol. The summed E-state index contributed by atoms with van der Waals surface area (Å²) in [7, 11) is -3.75. The molecule has 2 heterocycles. The van der Waals surface area contributed by atoms with Crippen molar-refractivity contribution in [2.75, 3.05) is 49.1 Å². The predicted molar refractivity (Wildman–Crippen MR) is 126 cm³/mol. The molecule has 0 radical (unpaired) electrons. The molecule has 2 aliphatic heterocycles. The van der Waals surface area contributed by atoms with Crippen molar-refractivity contribution in [1.82, 2.24) is 9.62 Å². The first-order valence-electron chi connectivity index (χ1n) is 10.4. The Morgan fingerprint density at radius 2 is 1.94 bits per heavy atom. The van der Waals surface area contributed by atoms with Gasteiger partial charge in [-0.1, -0.05) is 33.0 Å². The van der Waals surface area contributed by atoms with Crippen molar-refractivity contribution in [3.05, 3.63) is 24.0 Å². The highest BCUT2D eigenvalue weighted by Gasteiger charge is 2.33. The summed E-state index contributed by atoms with van der Waals surface area (Å²) < 4.78 is 44.3. The molecule has 1 atom stereocenters. The van der Waals surface area contributed by atoms with Gasteiger partial charge in [0.25, 0.3) is 10.2 Å². The molecule has 0 bridgehead atoms. The summed E-state index contributed by atoms with van der Waals surface area (Å²) in [5, 5.41) is 8.29. The Hall–Kier alpha value is -2.02. The third kappa shape index (κ3) is 6.27. The summed E-state index contributed by atoms with van der Waals surface area (Å²) in [5.41, 5.74) is 0.813. The second-order valence-electron chi connectivity index (χ2n) is 9.22. The van der Waals surface area contributed by atoms with Crippen molar-refractivity contribution >= 4 is 44.9 Å². The van der Waals surface area contributed by atoms with Gasteiger partial charge in [-0.3, -0.25) is 4.90 Å². The van der Waals surface area contributed by atoms with E-state index in [4.69, 9.17) is 22.1 Å². The van der Waals surface area contributed by atoms with Crippen molar-refractivity contribution in [3.63, 3.8) is 0 Å². The number of nitrogens with one attached hydrogen (secondary N) is 1. The second-order valence-corrected chi connectivity index (χ2v) is 11.3. The Bertz CT molecular complexity index is 975. The molecule has 0 saturated carbocycles. The molecular formula is C20H30FN5O4S2. The van der Waals surface area contributed by atoms with Crippen molar-refractivity contribution in [2.24, 2.45) is 10.6 Å². The molecule has 1 amide bonds. The Balaban J connectivity index is 1.59. The first-order chi connectivity index (χ1) is 14.8. The number of nitrogens with zero attached hydrogens (tertiary/aromatic N) is 3. The van der Waals surface area contributed by atoms with E-state index in [0.717, 1.165) is 10.7 Å². The van der Waals surface area contributed by atoms with E-state index in [1.165, 1.54) is 11.0 Å². The molecule has 0 aromatic heterocycles. The number of hydrogen-bond acceptors (Lipinski definition) is 6. The van der Waals surface area contributed by atoms with Crippen LogP contribution in [-0.2, 0) is 14.9 Å². The molecule has 12 heteroatoms. The Kier molecular flexibility index (Phi) is 7.28. The number of cyclic esters (lactones) is 1. The van der Waals surface area contributed by atoms with Crippen molar-refractivity contribution < 1.29 is 22.3 Å². The normalized spacial score (nSPS) is 20.4. The summed E-state index contributed by atoms with van der Waals surface area (Å²) in [6, 6.07) is 4.54. The van der Waals surface area contributed by atoms with E-state index >= 15 is 0 Å². The lowest BCUT2D eigenvalue weighted by Gasteiger charge is -2.34. The first-order valence-corrected chi connectivity index (χ1v) is 12.3. The van der Waals surface area contributed by atoms with E-state index in [9.17, 15) is 17.6 Å². The van der Waals surface area contributed by atoms with Gasteiger partial charge in [0.05, 0.1) is 29.5 Å². The lowest BCUT2D eigenvalue weighted by atomic mass is 9.92. The van der Waals surface area contributed by atoms with Crippen molar-refractivity contribution in [1.29, 1.82) is 0 Å². The second kappa shape index (κ2) is 9.46. The van der Waals surface area contributed by atoms with Gasteiger partial charge in [0.2, 0.25) is 0 Å². The maximum absolute atomic E-state index is 14.8. The Morgan fingerprint density at radius 3 is 2.50 bits per heavy atom. The quantitative estimate of drug-likeness (QED) is 0.590. The van der Waals surface area contributed by atoms with Gasteiger partial charge in [-0.2, -0.15) is 12.7 Å². The molecule has 2 aliphatic rings. The lowest BCUT2D eigenvalue weighted by molar-refractivity contribution is 0.142. The van der Waals surface area contributed by atoms with Crippen LogP contribution in [0.25, 0.3) is 0 Å². The molecule has 2 saturated heterocycles. The minimum absolute atomic E-state index is 0.0625. The zero-order valence-electron chi connectivity index (χ0n) is 18.5. The fraction of sp³-hybridized carbons (Fsp3) is 0.600. The van der Waals surface area contributed by atoms with E-state index in [-0.39, 0.29) is 25.0 Å². The fourth-order valence-corrected chi connectivity index (χ4v) is 4.90. The van der Waals surface area contributed by atoms with Crippen LogP contribution in [-0.4, -0.2) is 69.2 Å². The molecule has 1 aromatic rings. The molecule has 32 heavy (non-hydrogen) atoms. The van der Waals surface area contributed by atoms with E-state index in [1.807, 2.05) is 0 Å². The number of ether oxygens (including phenoxy) is 1. The first kappa shape index (κ1) is 24.6. The van der Waals surface area contributed by atoms with Crippen LogP contribution in [0.1, 0.15) is 27.2 Å². The summed E-state index contributed by atoms with van der Waals surface area (Å²) in [6.45, 7) is 7.97. The molecule has 0 aliphatic carbocycles. The van der Waals surface area contributed by atoms with E-state index < -0.39 is 28.2 Å². The standard InChI is InChI=1S/C20H30FN5O4S2/c1-20(2,3)11-18(31)23-12-15-13-26(19(27)30-15)14-4-5-17(16(21)10-14)24-6-8-25(9-7-24)32(22,28)29/h4-5,10,15H,6-9,11-13H2,1-3H3,(H,23,31)(H2,22,28,29)/t15-/m0/s1. The number of benzene rings is 1. The largest absolute Gasteiger partial charge is 0.442 e. The highest BCUT2D eigenvalue weighted by atomic mass is 32.2. The lowest BCUT2D eigenvalue weighted by Crippen LogP contribution is -2.50. The van der Waals surface area contributed by atoms with Crippen LogP contribution < -0.4 is 20.3 Å². The molecule has 0 unspecified atom stereocenters. The molecule has 9 nitrogen and oxygen atoms in total. The Morgan fingerprint density at radius 1 is 1.28 bits per heavy atom. The van der Waals surface area contributed by atoms with Gasteiger partial charge >= 0.3 is 6.09 Å². The molecule has 2 fully saturated rings. The van der Waals surface area contributed by atoms with Crippen LogP contribution in [0.15, 0.2) is 18.2 Å². The highest BCUT2D eigenvalue weighted by molar-refractivity contribution is 7.86. The van der Waals surface area contributed by atoms with Crippen molar-refractivity contribution in [3.8, 4) is 0 Å². The van der Waals surface area contributed by atoms with Gasteiger partial charge in [-0.05, 0) is 23.6 Å². The van der Waals surface area contributed by atoms with Crippen LogP contribution >= 0.6 is 12.2 Å². The van der Waals surface area contributed by atoms with Crippen LogP contribution in [0.2, 0.25) is 0 Å². The summed E-state index contributed by atoms with van der Waals surface area (Å²) >= 11 is 5.35. The van der Waals surface area contributed by atoms with Crippen molar-refractivity contribution in [2.45, 2.75) is 33.3 Å². The summed E-state index contributed by atoms with van der Waals surface area (Å²) in [4.78, 5) is 16.2. The molecular weight excluding hydrogens is 457 g/mol. The summed E-state index contributed by atoms with van der Waals surface area (Å²) in [6.07, 6.45) is -0.202. The zero-order valence-corrected chi connectivity index (χ0v) is 20.1. The molecule has 3 rings (SSSR count). The van der Waals surface area contributed by atoms with Crippen LogP contribution in [0.5, 0.6) is 0 Å². The number of piperazine rings is 1. The number of hydrogen-bond donors (Lipinski definition) is 2. The molecule has 3 N–H and O–H groups in total. The minimum Gasteiger partial charge on any atom is -0.442 e. The number of halogens is 1. The smallest absolute Gasteiger partial charge is 0.414 e. The van der Waals surface area contributed by atoms with Gasteiger partial charge < -0.3 is 15.0 Å². The topological polar surface area (TPSA) is 108 Å². The molecule has 1 aromatic carbocycles. The zero-order chi connectivity index (χ0) is 23.7. The Labute approximate surface area is 193 Å². The van der Waals surface area contributed by atoms with E-state index in [0.29, 0.717) is 36.0 Å². The predicted octanol–water partition coefficient (Wildman–Crippen LogP) is 1.83. The third-order valence-corrected chi connectivity index (χ3v) is 6.65. The average Bonchev–Trinajstić information content (AvgIpc) is 3.05. The number of carbonyl (C=O) groups excluding carboxylic acids is 1. The van der Waals surface area contributed by atoms with Crippen LogP contribution in [0, 0.1) is 11.2 Å². The van der Waals surface area contributed by atoms with Gasteiger partial charge in [-0.15, -0.1) is 0 Å². The number of anilines is 2. The minimum atomic E-state index is -3.75.